The molecule has 1 unspecified atom stereocenters. The number of benzene rings is 1. The third-order valence-electron chi connectivity index (χ3n) is 6.38. The van der Waals surface area contributed by atoms with Crippen molar-refractivity contribution in [2.24, 2.45) is 10.9 Å². The summed E-state index contributed by atoms with van der Waals surface area (Å²) in [6, 6.07) is 10.8. The minimum atomic E-state index is 0. The minimum Gasteiger partial charge on any atom is -0.358 e. The first-order valence-electron chi connectivity index (χ1n) is 11.6. The summed E-state index contributed by atoms with van der Waals surface area (Å²) >= 11 is 0. The second-order valence-electron chi connectivity index (χ2n) is 8.64. The monoisotopic (exact) mass is 537 g/mol. The van der Waals surface area contributed by atoms with Gasteiger partial charge in [0.25, 0.3) is 0 Å². The van der Waals surface area contributed by atoms with E-state index in [1.165, 1.54) is 35.9 Å². The molecule has 1 saturated heterocycles. The third kappa shape index (κ3) is 6.37. The van der Waals surface area contributed by atoms with Gasteiger partial charge in [-0.1, -0.05) is 37.5 Å². The molecule has 1 aromatic carbocycles. The highest BCUT2D eigenvalue weighted by Crippen LogP contribution is 2.26. The molecule has 3 N–H and O–H groups in total. The van der Waals surface area contributed by atoms with E-state index in [-0.39, 0.29) is 35.9 Å². The van der Waals surface area contributed by atoms with Gasteiger partial charge in [-0.2, -0.15) is 0 Å². The lowest BCUT2D eigenvalue weighted by atomic mass is 9.88. The summed E-state index contributed by atoms with van der Waals surface area (Å²) in [4.78, 5) is 23.1. The van der Waals surface area contributed by atoms with Crippen LogP contribution in [0.2, 0.25) is 0 Å². The van der Waals surface area contributed by atoms with E-state index in [2.05, 4.69) is 57.8 Å². The number of para-hydroxylation sites is 1. The molecule has 2 fully saturated rings. The van der Waals surface area contributed by atoms with Gasteiger partial charge in [0.15, 0.2) is 5.96 Å². The van der Waals surface area contributed by atoms with Gasteiger partial charge >= 0.3 is 0 Å². The van der Waals surface area contributed by atoms with Gasteiger partial charge in [0.2, 0.25) is 5.91 Å². The van der Waals surface area contributed by atoms with Crippen LogP contribution >= 0.6 is 24.0 Å². The Labute approximate surface area is 202 Å². The van der Waals surface area contributed by atoms with Crippen LogP contribution in [0.4, 0.5) is 0 Å². The number of carbonyl (C=O) groups excluding carboxylic acids is 1. The molecule has 0 spiro atoms. The molecular weight excluding hydrogens is 501 g/mol. The van der Waals surface area contributed by atoms with Crippen molar-refractivity contribution in [2.45, 2.75) is 57.9 Å². The fraction of sp³-hybridized carbons (Fsp3) is 0.583. The second kappa shape index (κ2) is 11.7. The smallest absolute Gasteiger partial charge is 0.225 e. The molecule has 0 bridgehead atoms. The fourth-order valence-electron chi connectivity index (χ4n) is 4.76. The molecule has 31 heavy (non-hydrogen) atoms. The van der Waals surface area contributed by atoms with Crippen LogP contribution in [0, 0.1) is 5.92 Å². The highest BCUT2D eigenvalue weighted by molar-refractivity contribution is 14.0. The molecule has 2 heterocycles. The molecule has 1 aliphatic carbocycles. The summed E-state index contributed by atoms with van der Waals surface area (Å²) < 4.78 is 0. The van der Waals surface area contributed by atoms with Crippen LogP contribution in [-0.4, -0.2) is 54.0 Å². The number of likely N-dealkylation sites (tertiary alicyclic amines) is 1. The van der Waals surface area contributed by atoms with Gasteiger partial charge < -0.3 is 20.5 Å². The Morgan fingerprint density at radius 2 is 2.00 bits per heavy atom. The molecule has 170 valence electrons. The number of nitrogens with one attached hydrogen (secondary N) is 3. The van der Waals surface area contributed by atoms with E-state index >= 15 is 0 Å². The number of halogens is 1. The van der Waals surface area contributed by atoms with E-state index < -0.39 is 0 Å². The number of hydrogen-bond donors (Lipinski definition) is 3. The molecule has 6 nitrogen and oxygen atoms in total. The Morgan fingerprint density at radius 3 is 2.77 bits per heavy atom. The summed E-state index contributed by atoms with van der Waals surface area (Å²) in [5, 5.41) is 8.15. The molecule has 1 aliphatic heterocycles. The van der Waals surface area contributed by atoms with Gasteiger partial charge in [0.05, 0.1) is 0 Å². The molecule has 2 aromatic rings. The maximum absolute atomic E-state index is 12.8. The molecule has 1 saturated carbocycles. The minimum absolute atomic E-state index is 0. The lowest BCUT2D eigenvalue weighted by Gasteiger charge is -2.26. The number of nitrogens with zero attached hydrogens (tertiary/aromatic N) is 2. The molecule has 1 aromatic heterocycles. The Bertz CT molecular complexity index is 841. The van der Waals surface area contributed by atoms with Crippen molar-refractivity contribution in [1.29, 1.82) is 0 Å². The van der Waals surface area contributed by atoms with E-state index in [1.54, 1.807) is 0 Å². The van der Waals surface area contributed by atoms with Gasteiger partial charge in [-0.15, -0.1) is 24.0 Å². The van der Waals surface area contributed by atoms with Crippen molar-refractivity contribution in [3.8, 4) is 0 Å². The number of guanidine groups is 1. The zero-order chi connectivity index (χ0) is 20.8. The summed E-state index contributed by atoms with van der Waals surface area (Å²) in [5.74, 6) is 1.49. The van der Waals surface area contributed by atoms with Crippen LogP contribution in [0.15, 0.2) is 35.3 Å². The number of aromatic nitrogens is 1. The van der Waals surface area contributed by atoms with Gasteiger partial charge in [-0.05, 0) is 43.7 Å². The zero-order valence-electron chi connectivity index (χ0n) is 18.5. The quantitative estimate of drug-likeness (QED) is 0.296. The van der Waals surface area contributed by atoms with Crippen LogP contribution in [0.3, 0.4) is 0 Å². The Hall–Kier alpha value is -1.77. The van der Waals surface area contributed by atoms with Gasteiger partial charge in [0, 0.05) is 55.8 Å². The first kappa shape index (κ1) is 23.9. The largest absolute Gasteiger partial charge is 0.358 e. The highest BCUT2D eigenvalue weighted by atomic mass is 127. The number of H-pyrrole nitrogens is 1. The maximum Gasteiger partial charge on any atom is 0.225 e. The third-order valence-corrected chi connectivity index (χ3v) is 6.38. The van der Waals surface area contributed by atoms with Crippen LogP contribution in [0.1, 0.15) is 51.1 Å². The van der Waals surface area contributed by atoms with Crippen LogP contribution in [0.25, 0.3) is 10.9 Å². The van der Waals surface area contributed by atoms with Crippen LogP contribution < -0.4 is 10.6 Å². The number of hydrogen-bond acceptors (Lipinski definition) is 2. The Morgan fingerprint density at radius 1 is 1.19 bits per heavy atom. The summed E-state index contributed by atoms with van der Waals surface area (Å²) in [7, 11) is 0. The number of aliphatic imine (C=N–C) groups is 1. The number of rotatable bonds is 6. The highest BCUT2D eigenvalue weighted by Gasteiger charge is 2.31. The molecule has 2 aliphatic rings. The summed E-state index contributed by atoms with van der Waals surface area (Å²) in [6.45, 7) is 5.29. The van der Waals surface area contributed by atoms with Crippen molar-refractivity contribution >= 4 is 46.7 Å². The van der Waals surface area contributed by atoms with Crippen molar-refractivity contribution in [3.05, 3.63) is 36.0 Å². The average Bonchev–Trinajstić information content (AvgIpc) is 3.40. The SMILES string of the molecule is CCNC(=NCCc1cc2ccccc2[nH]1)NC1CCN(C(=O)C2CCCCC2)C1.I. The van der Waals surface area contributed by atoms with Gasteiger partial charge in [-0.25, -0.2) is 0 Å². The zero-order valence-corrected chi connectivity index (χ0v) is 20.9. The van der Waals surface area contributed by atoms with Crippen molar-refractivity contribution in [3.63, 3.8) is 0 Å². The Balaban J connectivity index is 0.00000272. The lowest BCUT2D eigenvalue weighted by Crippen LogP contribution is -2.45. The normalized spacial score (nSPS) is 20.0. The van der Waals surface area contributed by atoms with Crippen LogP contribution in [-0.2, 0) is 11.2 Å². The van der Waals surface area contributed by atoms with Gasteiger partial charge in [-0.3, -0.25) is 9.79 Å². The van der Waals surface area contributed by atoms with E-state index in [1.807, 2.05) is 0 Å². The molecule has 7 heteroatoms. The van der Waals surface area contributed by atoms with Gasteiger partial charge in [0.1, 0.15) is 0 Å². The topological polar surface area (TPSA) is 72.5 Å². The van der Waals surface area contributed by atoms with E-state index in [4.69, 9.17) is 4.99 Å². The summed E-state index contributed by atoms with van der Waals surface area (Å²) in [5.41, 5.74) is 2.39. The first-order valence-corrected chi connectivity index (χ1v) is 11.6. The molecule has 1 amide bonds. The van der Waals surface area contributed by atoms with E-state index in [0.717, 1.165) is 57.8 Å². The van der Waals surface area contributed by atoms with E-state index in [0.29, 0.717) is 5.91 Å². The predicted molar refractivity (Wildman–Crippen MR) is 138 cm³/mol. The average molecular weight is 537 g/mol. The second-order valence-corrected chi connectivity index (χ2v) is 8.64. The number of aromatic amines is 1. The lowest BCUT2D eigenvalue weighted by molar-refractivity contribution is -0.135. The molecule has 1 atom stereocenters. The van der Waals surface area contributed by atoms with Crippen molar-refractivity contribution in [1.82, 2.24) is 20.5 Å². The standard InChI is InChI=1S/C24H35N5O.HI/c1-2-25-24(26-14-12-20-16-19-10-6-7-11-22(19)27-20)28-21-13-15-29(17-21)23(30)18-8-4-3-5-9-18;/h6-7,10-11,16,18,21,27H,2-5,8-9,12-15,17H2,1H3,(H2,25,26,28);1H. The Kier molecular flexibility index (Phi) is 9.04. The molecular formula is C24H36IN5O. The number of carbonyl (C=O) groups is 1. The summed E-state index contributed by atoms with van der Waals surface area (Å²) in [6.07, 6.45) is 7.72. The first-order chi connectivity index (χ1) is 14.7. The predicted octanol–water partition coefficient (Wildman–Crippen LogP) is 4.06. The van der Waals surface area contributed by atoms with Crippen molar-refractivity contribution < 1.29 is 4.79 Å². The fourth-order valence-corrected chi connectivity index (χ4v) is 4.76. The van der Waals surface area contributed by atoms with E-state index in [9.17, 15) is 4.79 Å². The number of fused-ring (bicyclic) bond motifs is 1. The van der Waals surface area contributed by atoms with Crippen molar-refractivity contribution in [2.75, 3.05) is 26.2 Å². The maximum atomic E-state index is 12.8. The molecule has 0 radical (unpaired) electrons. The number of amides is 1. The van der Waals surface area contributed by atoms with Crippen LogP contribution in [0.5, 0.6) is 0 Å². The molecule has 4 rings (SSSR count).